The number of esters is 1. The van der Waals surface area contributed by atoms with Gasteiger partial charge in [0.25, 0.3) is 0 Å². The third-order valence-electron chi connectivity index (χ3n) is 3.11. The van der Waals surface area contributed by atoms with E-state index in [1.807, 2.05) is 50.2 Å². The van der Waals surface area contributed by atoms with E-state index in [0.29, 0.717) is 11.7 Å². The second kappa shape index (κ2) is 4.81. The zero-order valence-corrected chi connectivity index (χ0v) is 11.2. The highest BCUT2D eigenvalue weighted by Gasteiger charge is 2.24. The van der Waals surface area contributed by atoms with E-state index in [1.165, 1.54) is 0 Å². The summed E-state index contributed by atoms with van der Waals surface area (Å²) in [6.07, 6.45) is 1.60. The van der Waals surface area contributed by atoms with Crippen LogP contribution in [0.4, 0.5) is 0 Å². The van der Waals surface area contributed by atoms with Gasteiger partial charge in [-0.05, 0) is 37.6 Å². The van der Waals surface area contributed by atoms with E-state index >= 15 is 0 Å². The molecule has 1 aromatic heterocycles. The number of carbonyl (C=O) groups is 1. The highest BCUT2D eigenvalue weighted by Crippen LogP contribution is 2.21. The van der Waals surface area contributed by atoms with E-state index in [2.05, 4.69) is 4.99 Å². The van der Waals surface area contributed by atoms with E-state index in [1.54, 1.807) is 6.08 Å². The molecule has 100 valence electrons. The molecule has 0 fully saturated rings. The summed E-state index contributed by atoms with van der Waals surface area (Å²) < 4.78 is 10.7. The SMILES string of the molecule is Cc1cc(/C=C2/N=C(c3ccccc3)OC2=O)oc1C. The number of hydrogen-bond acceptors (Lipinski definition) is 4. The molecule has 0 unspecified atom stereocenters. The Labute approximate surface area is 116 Å². The number of aryl methyl sites for hydroxylation is 2. The van der Waals surface area contributed by atoms with Crippen molar-refractivity contribution in [1.82, 2.24) is 0 Å². The van der Waals surface area contributed by atoms with Crippen LogP contribution in [0, 0.1) is 13.8 Å². The maximum Gasteiger partial charge on any atom is 0.363 e. The van der Waals surface area contributed by atoms with Gasteiger partial charge < -0.3 is 9.15 Å². The summed E-state index contributed by atoms with van der Waals surface area (Å²) in [7, 11) is 0. The zero-order chi connectivity index (χ0) is 14.1. The standard InChI is InChI=1S/C16H13NO3/c1-10-8-13(19-11(10)2)9-14-16(18)20-15(17-14)12-6-4-3-5-7-12/h3-9H,1-2H3/b14-9+. The molecule has 0 N–H and O–H groups in total. The van der Waals surface area contributed by atoms with Crippen LogP contribution in [0.5, 0.6) is 0 Å². The quantitative estimate of drug-likeness (QED) is 0.620. The van der Waals surface area contributed by atoms with Crippen LogP contribution in [0.15, 0.2) is 51.5 Å². The largest absolute Gasteiger partial charge is 0.462 e. The van der Waals surface area contributed by atoms with Gasteiger partial charge in [-0.3, -0.25) is 0 Å². The Balaban J connectivity index is 1.94. The predicted octanol–water partition coefficient (Wildman–Crippen LogP) is 3.24. The summed E-state index contributed by atoms with van der Waals surface area (Å²) in [6, 6.07) is 11.2. The van der Waals surface area contributed by atoms with E-state index < -0.39 is 5.97 Å². The molecule has 0 radical (unpaired) electrons. The number of rotatable bonds is 2. The summed E-state index contributed by atoms with van der Waals surface area (Å²) in [5, 5.41) is 0. The molecule has 4 heteroatoms. The van der Waals surface area contributed by atoms with Crippen molar-refractivity contribution in [2.24, 2.45) is 4.99 Å². The third kappa shape index (κ3) is 2.28. The first-order valence-electron chi connectivity index (χ1n) is 6.28. The van der Waals surface area contributed by atoms with E-state index in [0.717, 1.165) is 16.9 Å². The number of hydrogen-bond donors (Lipinski definition) is 0. The fraction of sp³-hybridized carbons (Fsp3) is 0.125. The molecule has 2 aromatic rings. The monoisotopic (exact) mass is 267 g/mol. The number of cyclic esters (lactones) is 1. The Kier molecular flexibility index (Phi) is 2.99. The van der Waals surface area contributed by atoms with Crippen LogP contribution in [-0.4, -0.2) is 11.9 Å². The van der Waals surface area contributed by atoms with Crippen LogP contribution in [0.2, 0.25) is 0 Å². The molecule has 0 bridgehead atoms. The second-order valence-corrected chi connectivity index (χ2v) is 4.59. The average Bonchev–Trinajstić information content (AvgIpc) is 2.95. The lowest BCUT2D eigenvalue weighted by Gasteiger charge is -1.97. The van der Waals surface area contributed by atoms with Gasteiger partial charge in [-0.15, -0.1) is 0 Å². The molecule has 0 amide bonds. The van der Waals surface area contributed by atoms with E-state index in [9.17, 15) is 4.79 Å². The molecule has 0 spiro atoms. The molecule has 4 nitrogen and oxygen atoms in total. The van der Waals surface area contributed by atoms with Crippen molar-refractivity contribution in [3.8, 4) is 0 Å². The first-order valence-corrected chi connectivity index (χ1v) is 6.28. The first-order chi connectivity index (χ1) is 9.63. The molecule has 2 heterocycles. The number of aliphatic imine (C=N–C) groups is 1. The van der Waals surface area contributed by atoms with Crippen LogP contribution in [-0.2, 0) is 9.53 Å². The summed E-state index contributed by atoms with van der Waals surface area (Å²) in [5.74, 6) is 1.29. The molecule has 1 aliphatic heterocycles. The molecule has 3 rings (SSSR count). The molecular weight excluding hydrogens is 254 g/mol. The topological polar surface area (TPSA) is 51.8 Å². The van der Waals surface area contributed by atoms with Crippen LogP contribution in [0.1, 0.15) is 22.6 Å². The fourth-order valence-corrected chi connectivity index (χ4v) is 1.92. The molecule has 20 heavy (non-hydrogen) atoms. The minimum atomic E-state index is -0.462. The molecule has 0 aliphatic carbocycles. The number of furan rings is 1. The van der Waals surface area contributed by atoms with Crippen molar-refractivity contribution >= 4 is 17.9 Å². The zero-order valence-electron chi connectivity index (χ0n) is 11.2. The van der Waals surface area contributed by atoms with Gasteiger partial charge in [-0.1, -0.05) is 18.2 Å². The van der Waals surface area contributed by atoms with Gasteiger partial charge in [-0.25, -0.2) is 9.79 Å². The highest BCUT2D eigenvalue weighted by molar-refractivity contribution is 6.12. The molecule has 0 saturated heterocycles. The van der Waals surface area contributed by atoms with Gasteiger partial charge in [0.2, 0.25) is 5.90 Å². The van der Waals surface area contributed by atoms with Gasteiger partial charge in [0.15, 0.2) is 5.70 Å². The molecule has 0 saturated carbocycles. The summed E-state index contributed by atoms with van der Waals surface area (Å²) in [4.78, 5) is 16.0. The Morgan fingerprint density at radius 2 is 1.90 bits per heavy atom. The maximum atomic E-state index is 11.8. The molecular formula is C16H13NO3. The Hall–Kier alpha value is -2.62. The van der Waals surface area contributed by atoms with Crippen molar-refractivity contribution in [2.75, 3.05) is 0 Å². The Bertz CT molecular complexity index is 704. The smallest absolute Gasteiger partial charge is 0.363 e. The lowest BCUT2D eigenvalue weighted by atomic mass is 10.2. The van der Waals surface area contributed by atoms with Gasteiger partial charge in [0.1, 0.15) is 11.5 Å². The second-order valence-electron chi connectivity index (χ2n) is 4.59. The van der Waals surface area contributed by atoms with Gasteiger partial charge in [0, 0.05) is 11.6 Å². The number of ether oxygens (including phenoxy) is 1. The van der Waals surface area contributed by atoms with Crippen molar-refractivity contribution in [2.45, 2.75) is 13.8 Å². The summed E-state index contributed by atoms with van der Waals surface area (Å²) in [5.41, 5.74) is 2.06. The van der Waals surface area contributed by atoms with E-state index in [-0.39, 0.29) is 5.70 Å². The Morgan fingerprint density at radius 1 is 1.15 bits per heavy atom. The minimum absolute atomic E-state index is 0.248. The summed E-state index contributed by atoms with van der Waals surface area (Å²) in [6.45, 7) is 3.83. The number of carbonyl (C=O) groups excluding carboxylic acids is 1. The van der Waals surface area contributed by atoms with E-state index in [4.69, 9.17) is 9.15 Å². The van der Waals surface area contributed by atoms with Crippen molar-refractivity contribution in [1.29, 1.82) is 0 Å². The van der Waals surface area contributed by atoms with Crippen LogP contribution < -0.4 is 0 Å². The minimum Gasteiger partial charge on any atom is -0.462 e. The average molecular weight is 267 g/mol. The van der Waals surface area contributed by atoms with Crippen LogP contribution >= 0.6 is 0 Å². The number of nitrogens with zero attached hydrogens (tertiary/aromatic N) is 1. The fourth-order valence-electron chi connectivity index (χ4n) is 1.92. The lowest BCUT2D eigenvalue weighted by Crippen LogP contribution is -2.04. The predicted molar refractivity (Wildman–Crippen MR) is 75.2 cm³/mol. The van der Waals surface area contributed by atoms with Crippen LogP contribution in [0.25, 0.3) is 6.08 Å². The van der Waals surface area contributed by atoms with Gasteiger partial charge in [0.05, 0.1) is 0 Å². The Morgan fingerprint density at radius 3 is 2.55 bits per heavy atom. The molecule has 1 aliphatic rings. The van der Waals surface area contributed by atoms with Gasteiger partial charge in [-0.2, -0.15) is 0 Å². The van der Waals surface area contributed by atoms with Crippen LogP contribution in [0.3, 0.4) is 0 Å². The first kappa shape index (κ1) is 12.4. The lowest BCUT2D eigenvalue weighted by molar-refractivity contribution is -0.129. The highest BCUT2D eigenvalue weighted by atomic mass is 16.6. The van der Waals surface area contributed by atoms with Crippen molar-refractivity contribution < 1.29 is 13.9 Å². The summed E-state index contributed by atoms with van der Waals surface area (Å²) >= 11 is 0. The molecule has 0 atom stereocenters. The van der Waals surface area contributed by atoms with Gasteiger partial charge >= 0.3 is 5.97 Å². The number of benzene rings is 1. The van der Waals surface area contributed by atoms with Crippen molar-refractivity contribution in [3.63, 3.8) is 0 Å². The maximum absolute atomic E-state index is 11.8. The molecule has 1 aromatic carbocycles. The normalized spacial score (nSPS) is 16.4. The third-order valence-corrected chi connectivity index (χ3v) is 3.11. The van der Waals surface area contributed by atoms with Crippen molar-refractivity contribution in [3.05, 3.63) is 64.7 Å².